The van der Waals surface area contributed by atoms with Crippen molar-refractivity contribution >= 4 is 11.9 Å². The van der Waals surface area contributed by atoms with Gasteiger partial charge in [-0.15, -0.1) is 0 Å². The highest BCUT2D eigenvalue weighted by Gasteiger charge is 2.19. The van der Waals surface area contributed by atoms with Gasteiger partial charge in [0.1, 0.15) is 0 Å². The van der Waals surface area contributed by atoms with E-state index in [4.69, 9.17) is 9.84 Å². The Labute approximate surface area is 111 Å². The zero-order valence-corrected chi connectivity index (χ0v) is 11.0. The molecule has 0 aliphatic rings. The van der Waals surface area contributed by atoms with E-state index < -0.39 is 12.1 Å². The van der Waals surface area contributed by atoms with Gasteiger partial charge in [-0.3, -0.25) is 4.79 Å². The summed E-state index contributed by atoms with van der Waals surface area (Å²) < 4.78 is 4.82. The summed E-state index contributed by atoms with van der Waals surface area (Å²) in [5.41, 5.74) is 1.92. The van der Waals surface area contributed by atoms with Gasteiger partial charge in [0, 0.05) is 6.42 Å². The second kappa shape index (κ2) is 6.89. The highest BCUT2D eigenvalue weighted by molar-refractivity contribution is 5.75. The van der Waals surface area contributed by atoms with Gasteiger partial charge < -0.3 is 14.9 Å². The second-order valence-corrected chi connectivity index (χ2v) is 4.25. The number of carboxylic acid groups (broad SMARTS) is 1. The van der Waals surface area contributed by atoms with Crippen LogP contribution in [-0.2, 0) is 20.7 Å². The third-order valence-electron chi connectivity index (χ3n) is 2.73. The molecule has 5 nitrogen and oxygen atoms in total. The van der Waals surface area contributed by atoms with E-state index in [0.717, 1.165) is 5.56 Å². The highest BCUT2D eigenvalue weighted by atomic mass is 16.5. The average Bonchev–Trinajstić information content (AvgIpc) is 2.36. The molecule has 2 N–H and O–H groups in total. The standard InChI is InChI=1S/C14H18O5/c1-3-19-12(15)7-5-10-8-9(2)4-6-11(10)13(16)14(17)18/h4,6,8,13,16H,3,5,7H2,1-2H3,(H,17,18). The number of hydrogen-bond acceptors (Lipinski definition) is 4. The topological polar surface area (TPSA) is 83.8 Å². The maximum atomic E-state index is 11.3. The van der Waals surface area contributed by atoms with Crippen molar-refractivity contribution in [2.75, 3.05) is 6.61 Å². The smallest absolute Gasteiger partial charge is 0.337 e. The fourth-order valence-corrected chi connectivity index (χ4v) is 1.82. The molecular weight excluding hydrogens is 248 g/mol. The maximum Gasteiger partial charge on any atom is 0.337 e. The lowest BCUT2D eigenvalue weighted by molar-refractivity contribution is -0.147. The van der Waals surface area contributed by atoms with Gasteiger partial charge in [-0.25, -0.2) is 4.79 Å². The maximum absolute atomic E-state index is 11.3. The van der Waals surface area contributed by atoms with Crippen LogP contribution in [0.5, 0.6) is 0 Å². The molecule has 1 unspecified atom stereocenters. The molecule has 0 fully saturated rings. The van der Waals surface area contributed by atoms with Crippen molar-refractivity contribution < 1.29 is 24.5 Å². The quantitative estimate of drug-likeness (QED) is 0.764. The lowest BCUT2D eigenvalue weighted by Crippen LogP contribution is -2.14. The summed E-state index contributed by atoms with van der Waals surface area (Å²) in [5, 5.41) is 18.5. The van der Waals surface area contributed by atoms with E-state index >= 15 is 0 Å². The van der Waals surface area contributed by atoms with Gasteiger partial charge in [-0.05, 0) is 31.4 Å². The Morgan fingerprint density at radius 1 is 1.37 bits per heavy atom. The van der Waals surface area contributed by atoms with Crippen molar-refractivity contribution in [3.8, 4) is 0 Å². The van der Waals surface area contributed by atoms with Crippen molar-refractivity contribution in [2.45, 2.75) is 32.8 Å². The van der Waals surface area contributed by atoms with E-state index in [1.807, 2.05) is 6.92 Å². The number of carbonyl (C=O) groups is 2. The van der Waals surface area contributed by atoms with Gasteiger partial charge >= 0.3 is 11.9 Å². The Morgan fingerprint density at radius 3 is 2.63 bits per heavy atom. The summed E-state index contributed by atoms with van der Waals surface area (Å²) in [6.45, 7) is 3.91. The Kier molecular flexibility index (Phi) is 5.51. The van der Waals surface area contributed by atoms with E-state index in [1.165, 1.54) is 0 Å². The molecule has 1 aromatic rings. The minimum absolute atomic E-state index is 0.163. The summed E-state index contributed by atoms with van der Waals surface area (Å²) in [5.74, 6) is -1.64. The highest BCUT2D eigenvalue weighted by Crippen LogP contribution is 2.21. The third-order valence-corrected chi connectivity index (χ3v) is 2.73. The fraction of sp³-hybridized carbons (Fsp3) is 0.429. The molecule has 0 amide bonds. The summed E-state index contributed by atoms with van der Waals surface area (Å²) >= 11 is 0. The van der Waals surface area contributed by atoms with E-state index in [9.17, 15) is 14.7 Å². The first kappa shape index (κ1) is 15.2. The zero-order chi connectivity index (χ0) is 14.4. The van der Waals surface area contributed by atoms with Crippen molar-refractivity contribution in [1.82, 2.24) is 0 Å². The zero-order valence-electron chi connectivity index (χ0n) is 11.0. The van der Waals surface area contributed by atoms with Gasteiger partial charge in [0.2, 0.25) is 0 Å². The number of aliphatic hydroxyl groups excluding tert-OH is 1. The average molecular weight is 266 g/mol. The number of aryl methyl sites for hydroxylation is 2. The monoisotopic (exact) mass is 266 g/mol. The molecule has 0 spiro atoms. The van der Waals surface area contributed by atoms with Crippen molar-refractivity contribution in [3.63, 3.8) is 0 Å². The summed E-state index contributed by atoms with van der Waals surface area (Å²) in [4.78, 5) is 22.2. The molecule has 0 aliphatic carbocycles. The molecule has 0 radical (unpaired) electrons. The van der Waals surface area contributed by atoms with E-state index in [-0.39, 0.29) is 12.4 Å². The first-order valence-corrected chi connectivity index (χ1v) is 6.11. The van der Waals surface area contributed by atoms with Crippen LogP contribution in [0.25, 0.3) is 0 Å². The molecule has 19 heavy (non-hydrogen) atoms. The van der Waals surface area contributed by atoms with Crippen molar-refractivity contribution in [3.05, 3.63) is 34.9 Å². The summed E-state index contributed by atoms with van der Waals surface area (Å²) in [6.07, 6.45) is -1.06. The van der Waals surface area contributed by atoms with Gasteiger partial charge in [-0.2, -0.15) is 0 Å². The normalized spacial score (nSPS) is 11.9. The molecule has 1 aromatic carbocycles. The molecule has 0 heterocycles. The molecule has 0 aliphatic heterocycles. The number of esters is 1. The second-order valence-electron chi connectivity index (χ2n) is 4.25. The fourth-order valence-electron chi connectivity index (χ4n) is 1.82. The molecule has 0 aromatic heterocycles. The Morgan fingerprint density at radius 2 is 2.05 bits per heavy atom. The molecule has 5 heteroatoms. The van der Waals surface area contributed by atoms with Crippen LogP contribution < -0.4 is 0 Å². The Bertz CT molecular complexity index is 467. The van der Waals surface area contributed by atoms with Crippen LogP contribution in [0.2, 0.25) is 0 Å². The van der Waals surface area contributed by atoms with Crippen LogP contribution >= 0.6 is 0 Å². The lowest BCUT2D eigenvalue weighted by atomic mass is 9.96. The number of hydrogen-bond donors (Lipinski definition) is 2. The van der Waals surface area contributed by atoms with Crippen LogP contribution in [0.1, 0.15) is 36.1 Å². The number of carboxylic acids is 1. The molecule has 0 bridgehead atoms. The van der Waals surface area contributed by atoms with Gasteiger partial charge in [-0.1, -0.05) is 23.8 Å². The van der Waals surface area contributed by atoms with Crippen LogP contribution in [0.15, 0.2) is 18.2 Å². The first-order chi connectivity index (χ1) is 8.95. The van der Waals surface area contributed by atoms with E-state index in [0.29, 0.717) is 24.2 Å². The van der Waals surface area contributed by atoms with Gasteiger partial charge in [0.25, 0.3) is 0 Å². The Balaban J connectivity index is 2.88. The number of ether oxygens (including phenoxy) is 1. The minimum Gasteiger partial charge on any atom is -0.479 e. The summed E-state index contributed by atoms with van der Waals surface area (Å²) in [6, 6.07) is 5.09. The van der Waals surface area contributed by atoms with E-state index in [2.05, 4.69) is 0 Å². The van der Waals surface area contributed by atoms with Crippen LogP contribution in [0, 0.1) is 6.92 Å². The molecule has 1 atom stereocenters. The number of benzene rings is 1. The largest absolute Gasteiger partial charge is 0.479 e. The molecule has 1 rings (SSSR count). The number of aliphatic carboxylic acids is 1. The Hall–Kier alpha value is -1.88. The van der Waals surface area contributed by atoms with Crippen LogP contribution in [-0.4, -0.2) is 28.8 Å². The lowest BCUT2D eigenvalue weighted by Gasteiger charge is -2.13. The predicted octanol–water partition coefficient (Wildman–Crippen LogP) is 1.61. The predicted molar refractivity (Wildman–Crippen MR) is 68.7 cm³/mol. The van der Waals surface area contributed by atoms with E-state index in [1.54, 1.807) is 25.1 Å². The third kappa shape index (κ3) is 4.37. The molecule has 104 valence electrons. The SMILES string of the molecule is CCOC(=O)CCc1cc(C)ccc1C(O)C(=O)O. The van der Waals surface area contributed by atoms with Crippen molar-refractivity contribution in [2.24, 2.45) is 0 Å². The number of carbonyl (C=O) groups excluding carboxylic acids is 1. The summed E-state index contributed by atoms with van der Waals surface area (Å²) in [7, 11) is 0. The van der Waals surface area contributed by atoms with Crippen LogP contribution in [0.3, 0.4) is 0 Å². The van der Waals surface area contributed by atoms with Gasteiger partial charge in [0.05, 0.1) is 6.61 Å². The van der Waals surface area contributed by atoms with Crippen LogP contribution in [0.4, 0.5) is 0 Å². The van der Waals surface area contributed by atoms with Crippen molar-refractivity contribution in [1.29, 1.82) is 0 Å². The number of aliphatic hydroxyl groups is 1. The molecule has 0 saturated heterocycles. The molecular formula is C14H18O5. The first-order valence-electron chi connectivity index (χ1n) is 6.11. The van der Waals surface area contributed by atoms with Gasteiger partial charge in [0.15, 0.2) is 6.10 Å². The number of rotatable bonds is 6. The minimum atomic E-state index is -1.57. The molecule has 0 saturated carbocycles.